The van der Waals surface area contributed by atoms with Crippen molar-refractivity contribution in [2.75, 3.05) is 37.5 Å². The molecule has 30 heavy (non-hydrogen) atoms. The van der Waals surface area contributed by atoms with E-state index in [2.05, 4.69) is 10.6 Å². The Morgan fingerprint density at radius 3 is 2.50 bits per heavy atom. The SMILES string of the molecule is CC(C)CC(=O)Nc1ccc(N(C)C)c(CN(C[C@@H]2CCCO2)C(=O)NC(C)C)c1. The Labute approximate surface area is 181 Å². The quantitative estimate of drug-likeness (QED) is 0.639. The van der Waals surface area contributed by atoms with Crippen LogP contribution in [0.1, 0.15) is 52.5 Å². The number of hydrogen-bond donors (Lipinski definition) is 2. The second kappa shape index (κ2) is 11.2. The first-order valence-electron chi connectivity index (χ1n) is 10.9. The number of carbonyl (C=O) groups is 2. The van der Waals surface area contributed by atoms with Crippen LogP contribution in [-0.2, 0) is 16.1 Å². The van der Waals surface area contributed by atoms with Crippen molar-refractivity contribution >= 4 is 23.3 Å². The van der Waals surface area contributed by atoms with E-state index in [4.69, 9.17) is 4.74 Å². The van der Waals surface area contributed by atoms with E-state index in [1.54, 1.807) is 0 Å². The standard InChI is InChI=1S/C23H38N4O3/c1-16(2)12-22(28)25-19-9-10-21(26(5)6)18(13-19)14-27(23(29)24-17(3)4)15-20-8-7-11-30-20/h9-10,13,16-17,20H,7-8,11-12,14-15H2,1-6H3,(H,24,29)(H,25,28)/t20-/m0/s1. The summed E-state index contributed by atoms with van der Waals surface area (Å²) in [6.45, 7) is 9.71. The highest BCUT2D eigenvalue weighted by molar-refractivity contribution is 5.91. The number of hydrogen-bond acceptors (Lipinski definition) is 4. The highest BCUT2D eigenvalue weighted by Crippen LogP contribution is 2.26. The Kier molecular flexibility index (Phi) is 8.96. The van der Waals surface area contributed by atoms with Crippen LogP contribution in [-0.4, -0.2) is 56.2 Å². The van der Waals surface area contributed by atoms with Gasteiger partial charge in [-0.3, -0.25) is 4.79 Å². The van der Waals surface area contributed by atoms with Crippen molar-refractivity contribution in [1.29, 1.82) is 0 Å². The summed E-state index contributed by atoms with van der Waals surface area (Å²) in [7, 11) is 3.96. The molecule has 7 nitrogen and oxygen atoms in total. The zero-order valence-corrected chi connectivity index (χ0v) is 19.3. The molecule has 3 amide bonds. The van der Waals surface area contributed by atoms with E-state index in [1.807, 2.05) is 69.8 Å². The van der Waals surface area contributed by atoms with E-state index in [9.17, 15) is 9.59 Å². The molecular formula is C23H38N4O3. The Morgan fingerprint density at radius 1 is 1.20 bits per heavy atom. The van der Waals surface area contributed by atoms with Gasteiger partial charge in [0, 0.05) is 57.6 Å². The molecule has 7 heteroatoms. The minimum atomic E-state index is -0.0977. The third kappa shape index (κ3) is 7.52. The molecule has 168 valence electrons. The zero-order valence-electron chi connectivity index (χ0n) is 19.3. The zero-order chi connectivity index (χ0) is 22.3. The lowest BCUT2D eigenvalue weighted by Gasteiger charge is -2.29. The van der Waals surface area contributed by atoms with Crippen LogP contribution in [0, 0.1) is 5.92 Å². The second-order valence-corrected chi connectivity index (χ2v) is 9.00. The highest BCUT2D eigenvalue weighted by atomic mass is 16.5. The lowest BCUT2D eigenvalue weighted by atomic mass is 10.1. The van der Waals surface area contributed by atoms with Crippen LogP contribution in [0.5, 0.6) is 0 Å². The molecule has 1 saturated heterocycles. The number of benzene rings is 1. The summed E-state index contributed by atoms with van der Waals surface area (Å²) in [5.74, 6) is 0.300. The summed E-state index contributed by atoms with van der Waals surface area (Å²) in [6, 6.07) is 5.83. The molecule has 0 aromatic heterocycles. The molecule has 2 N–H and O–H groups in total. The molecule has 0 radical (unpaired) electrons. The van der Waals surface area contributed by atoms with Gasteiger partial charge in [0.15, 0.2) is 0 Å². The van der Waals surface area contributed by atoms with Crippen molar-refractivity contribution in [2.45, 2.75) is 65.6 Å². The smallest absolute Gasteiger partial charge is 0.317 e. The van der Waals surface area contributed by atoms with Gasteiger partial charge < -0.3 is 25.2 Å². The third-order valence-electron chi connectivity index (χ3n) is 4.95. The Balaban J connectivity index is 2.24. The molecule has 2 rings (SSSR count). The van der Waals surface area contributed by atoms with E-state index in [1.165, 1.54) is 0 Å². The Bertz CT molecular complexity index is 712. The predicted molar refractivity (Wildman–Crippen MR) is 122 cm³/mol. The normalized spacial score (nSPS) is 16.1. The van der Waals surface area contributed by atoms with Crippen molar-refractivity contribution < 1.29 is 14.3 Å². The van der Waals surface area contributed by atoms with Gasteiger partial charge >= 0.3 is 6.03 Å². The summed E-state index contributed by atoms with van der Waals surface area (Å²) in [5.41, 5.74) is 2.76. The van der Waals surface area contributed by atoms with Crippen LogP contribution in [0.15, 0.2) is 18.2 Å². The molecule has 1 aromatic rings. The van der Waals surface area contributed by atoms with E-state index in [-0.39, 0.29) is 24.1 Å². The van der Waals surface area contributed by atoms with Crippen LogP contribution in [0.2, 0.25) is 0 Å². The highest BCUT2D eigenvalue weighted by Gasteiger charge is 2.24. The van der Waals surface area contributed by atoms with Crippen LogP contribution in [0.25, 0.3) is 0 Å². The Morgan fingerprint density at radius 2 is 1.93 bits per heavy atom. The predicted octanol–water partition coefficient (Wildman–Crippen LogP) is 3.84. The molecular weight excluding hydrogens is 380 g/mol. The molecule has 0 unspecified atom stereocenters. The van der Waals surface area contributed by atoms with Crippen molar-refractivity contribution in [1.82, 2.24) is 10.2 Å². The molecule has 1 aliphatic rings. The molecule has 0 saturated carbocycles. The molecule has 1 aromatic carbocycles. The van der Waals surface area contributed by atoms with Gasteiger partial charge in [-0.1, -0.05) is 13.8 Å². The third-order valence-corrected chi connectivity index (χ3v) is 4.95. The van der Waals surface area contributed by atoms with Gasteiger partial charge in [-0.15, -0.1) is 0 Å². The van der Waals surface area contributed by atoms with Crippen LogP contribution >= 0.6 is 0 Å². The summed E-state index contributed by atoms with van der Waals surface area (Å²) in [6.07, 6.45) is 2.55. The van der Waals surface area contributed by atoms with E-state index >= 15 is 0 Å². The maximum Gasteiger partial charge on any atom is 0.317 e. The second-order valence-electron chi connectivity index (χ2n) is 9.00. The number of carbonyl (C=O) groups excluding carboxylic acids is 2. The minimum absolute atomic E-state index is 0.00214. The fourth-order valence-corrected chi connectivity index (χ4v) is 3.61. The fraction of sp³-hybridized carbons (Fsp3) is 0.652. The largest absolute Gasteiger partial charge is 0.377 e. The van der Waals surface area contributed by atoms with Crippen LogP contribution in [0.3, 0.4) is 0 Å². The Hall–Kier alpha value is -2.28. The average molecular weight is 419 g/mol. The molecule has 0 aliphatic carbocycles. The maximum absolute atomic E-state index is 12.9. The fourth-order valence-electron chi connectivity index (χ4n) is 3.61. The number of ether oxygens (including phenoxy) is 1. The lowest BCUT2D eigenvalue weighted by Crippen LogP contribution is -2.45. The lowest BCUT2D eigenvalue weighted by molar-refractivity contribution is -0.116. The molecule has 0 spiro atoms. The van der Waals surface area contributed by atoms with Gasteiger partial charge in [-0.25, -0.2) is 4.79 Å². The number of rotatable bonds is 9. The first-order chi connectivity index (χ1) is 14.2. The molecule has 1 heterocycles. The van der Waals surface area contributed by atoms with Crippen molar-refractivity contribution in [3.63, 3.8) is 0 Å². The minimum Gasteiger partial charge on any atom is -0.377 e. The van der Waals surface area contributed by atoms with E-state index in [0.29, 0.717) is 25.4 Å². The number of nitrogens with one attached hydrogen (secondary N) is 2. The molecule has 1 aliphatic heterocycles. The summed E-state index contributed by atoms with van der Waals surface area (Å²) >= 11 is 0. The van der Waals surface area contributed by atoms with E-state index < -0.39 is 0 Å². The van der Waals surface area contributed by atoms with Gasteiger partial charge in [0.05, 0.1) is 6.10 Å². The van der Waals surface area contributed by atoms with Gasteiger partial charge in [0.25, 0.3) is 0 Å². The molecule has 1 fully saturated rings. The monoisotopic (exact) mass is 418 g/mol. The van der Waals surface area contributed by atoms with E-state index in [0.717, 1.165) is 36.4 Å². The van der Waals surface area contributed by atoms with Crippen LogP contribution < -0.4 is 15.5 Å². The maximum atomic E-state index is 12.9. The molecule has 0 bridgehead atoms. The summed E-state index contributed by atoms with van der Waals surface area (Å²) in [4.78, 5) is 29.0. The number of anilines is 2. The van der Waals surface area contributed by atoms with Crippen molar-refractivity contribution in [3.8, 4) is 0 Å². The average Bonchev–Trinajstić information content (AvgIpc) is 3.12. The number of nitrogens with zero attached hydrogens (tertiary/aromatic N) is 2. The molecule has 1 atom stereocenters. The first-order valence-corrected chi connectivity index (χ1v) is 10.9. The van der Waals surface area contributed by atoms with Crippen LogP contribution in [0.4, 0.5) is 16.2 Å². The number of urea groups is 1. The number of amides is 3. The summed E-state index contributed by atoms with van der Waals surface area (Å²) < 4.78 is 5.78. The first kappa shape index (κ1) is 24.0. The summed E-state index contributed by atoms with van der Waals surface area (Å²) in [5, 5.41) is 5.99. The van der Waals surface area contributed by atoms with Gasteiger partial charge in [-0.2, -0.15) is 0 Å². The topological polar surface area (TPSA) is 73.9 Å². The van der Waals surface area contributed by atoms with Gasteiger partial charge in [0.1, 0.15) is 0 Å². The van der Waals surface area contributed by atoms with Gasteiger partial charge in [-0.05, 0) is 56.4 Å². The van der Waals surface area contributed by atoms with Crippen molar-refractivity contribution in [2.24, 2.45) is 5.92 Å². The van der Waals surface area contributed by atoms with Crippen molar-refractivity contribution in [3.05, 3.63) is 23.8 Å². The van der Waals surface area contributed by atoms with Gasteiger partial charge in [0.2, 0.25) is 5.91 Å².